The lowest BCUT2D eigenvalue weighted by molar-refractivity contribution is 0.0681. The minimum atomic E-state index is -1.22. The Hall–Kier alpha value is -5.63. The molecule has 2 N–H and O–H groups in total. The quantitative estimate of drug-likeness (QED) is 0.184. The van der Waals surface area contributed by atoms with Crippen LogP contribution in [-0.4, -0.2) is 31.8 Å². The molecule has 8 heteroatoms. The van der Waals surface area contributed by atoms with Crippen molar-refractivity contribution in [1.82, 2.24) is 14.1 Å². The zero-order valence-electron chi connectivity index (χ0n) is 24.5. The van der Waals surface area contributed by atoms with Gasteiger partial charge >= 0.3 is 5.97 Å². The van der Waals surface area contributed by atoms with Gasteiger partial charge in [-0.25, -0.2) is 9.78 Å². The molecule has 0 saturated carbocycles. The first-order valence-electron chi connectivity index (χ1n) is 14.4. The number of imidazole rings is 1. The van der Waals surface area contributed by atoms with E-state index in [2.05, 4.69) is 46.3 Å². The summed E-state index contributed by atoms with van der Waals surface area (Å²) >= 11 is 0. The van der Waals surface area contributed by atoms with Crippen LogP contribution in [0.2, 0.25) is 0 Å². The maximum absolute atomic E-state index is 13.2. The monoisotopic (exact) mass is 584 g/mol. The average molecular weight is 585 g/mol. The highest BCUT2D eigenvalue weighted by Gasteiger charge is 2.39. The Kier molecular flexibility index (Phi) is 7.72. The molecule has 44 heavy (non-hydrogen) atoms. The molecule has 4 aromatic carbocycles. The molecule has 0 aliphatic carbocycles. The maximum atomic E-state index is 13.2. The Morgan fingerprint density at radius 3 is 1.98 bits per heavy atom. The fraction of sp³-hybridized carbons (Fsp3) is 0.139. The highest BCUT2D eigenvalue weighted by molar-refractivity contribution is 5.94. The van der Waals surface area contributed by atoms with Crippen molar-refractivity contribution in [3.8, 4) is 5.75 Å². The van der Waals surface area contributed by atoms with Crippen molar-refractivity contribution in [2.75, 3.05) is 11.9 Å². The average Bonchev–Trinajstić information content (AvgIpc) is 3.53. The molecule has 2 heterocycles. The molecule has 0 spiro atoms. The van der Waals surface area contributed by atoms with Gasteiger partial charge in [-0.15, -0.1) is 0 Å². The van der Waals surface area contributed by atoms with Crippen LogP contribution in [0, 0.1) is 0 Å². The first-order chi connectivity index (χ1) is 21.5. The van der Waals surface area contributed by atoms with Crippen LogP contribution in [0.15, 0.2) is 126 Å². The number of hydrogen-bond donors (Lipinski definition) is 2. The molecule has 6 rings (SSSR count). The lowest BCUT2D eigenvalue weighted by atomic mass is 9.76. The van der Waals surface area contributed by atoms with E-state index in [-0.39, 0.29) is 18.1 Å². The molecule has 0 aliphatic heterocycles. The second kappa shape index (κ2) is 11.9. The van der Waals surface area contributed by atoms with Crippen LogP contribution in [0.5, 0.6) is 5.75 Å². The van der Waals surface area contributed by atoms with Gasteiger partial charge in [-0.05, 0) is 41.3 Å². The third-order valence-electron chi connectivity index (χ3n) is 7.94. The van der Waals surface area contributed by atoms with Gasteiger partial charge in [-0.1, -0.05) is 97.1 Å². The lowest BCUT2D eigenvalue weighted by Gasteiger charge is -2.38. The number of nitrogens with zero attached hydrogens (tertiary/aromatic N) is 3. The standard InChI is InChI=1S/C36H32N4O4/c1-3-44-33-31(34(42)43)39(2)30-23-25(19-20-29(30)32(33)41)24-38-35-37-21-22-40(35)36(26-13-7-4-8-14-26,27-15-9-5-10-16-27)28-17-11-6-12-18-28/h4-23H,3,24H2,1-2H3,(H,37,38)(H,42,43). The molecule has 0 radical (unpaired) electrons. The molecular formula is C36H32N4O4. The number of aromatic carboxylic acids is 1. The van der Waals surface area contributed by atoms with Crippen molar-refractivity contribution in [2.24, 2.45) is 7.05 Å². The number of carbonyl (C=O) groups is 1. The van der Waals surface area contributed by atoms with E-state index in [0.717, 1.165) is 22.3 Å². The summed E-state index contributed by atoms with van der Waals surface area (Å²) in [7, 11) is 1.63. The number of rotatable bonds is 10. The number of nitrogens with one attached hydrogen (secondary N) is 1. The van der Waals surface area contributed by atoms with Crippen molar-refractivity contribution < 1.29 is 14.6 Å². The van der Waals surface area contributed by atoms with E-state index >= 15 is 0 Å². The fourth-order valence-electron chi connectivity index (χ4n) is 6.02. The third-order valence-corrected chi connectivity index (χ3v) is 7.94. The Labute approximate surface area is 254 Å². The Balaban J connectivity index is 1.46. The predicted molar refractivity (Wildman–Crippen MR) is 171 cm³/mol. The highest BCUT2D eigenvalue weighted by Crippen LogP contribution is 2.42. The Morgan fingerprint density at radius 1 is 0.886 bits per heavy atom. The summed E-state index contributed by atoms with van der Waals surface area (Å²) in [4.78, 5) is 30.0. The second-order valence-electron chi connectivity index (χ2n) is 10.4. The molecule has 0 atom stereocenters. The van der Waals surface area contributed by atoms with Gasteiger partial charge in [0.05, 0.1) is 12.1 Å². The molecule has 0 aliphatic rings. The number of benzene rings is 4. The Bertz CT molecular complexity index is 1890. The number of pyridine rings is 1. The first kappa shape index (κ1) is 28.5. The molecule has 220 valence electrons. The van der Waals surface area contributed by atoms with E-state index in [1.54, 1.807) is 26.2 Å². The van der Waals surface area contributed by atoms with Gasteiger partial charge in [-0.2, -0.15) is 0 Å². The Morgan fingerprint density at radius 2 is 1.45 bits per heavy atom. The van der Waals surface area contributed by atoms with E-state index < -0.39 is 16.9 Å². The summed E-state index contributed by atoms with van der Waals surface area (Å²) in [6, 6.07) is 36.5. The van der Waals surface area contributed by atoms with Crippen LogP contribution in [0.1, 0.15) is 39.7 Å². The summed E-state index contributed by atoms with van der Waals surface area (Å²) in [6.45, 7) is 2.29. The number of anilines is 1. The first-order valence-corrected chi connectivity index (χ1v) is 14.4. The van der Waals surface area contributed by atoms with Gasteiger partial charge in [0.15, 0.2) is 11.4 Å². The van der Waals surface area contributed by atoms with Gasteiger partial charge in [0.25, 0.3) is 0 Å². The molecule has 0 bridgehead atoms. The predicted octanol–water partition coefficient (Wildman–Crippen LogP) is 6.28. The minimum absolute atomic E-state index is 0.151. The minimum Gasteiger partial charge on any atom is -0.488 e. The fourth-order valence-corrected chi connectivity index (χ4v) is 6.02. The van der Waals surface area contributed by atoms with Crippen molar-refractivity contribution in [2.45, 2.75) is 19.0 Å². The SMILES string of the molecule is CCOc1c(C(=O)O)n(C)c2cc(CNc3nccn3C(c3ccccc3)(c3ccccc3)c3ccccc3)ccc2c1=O. The van der Waals surface area contributed by atoms with Gasteiger partial charge in [0, 0.05) is 31.4 Å². The van der Waals surface area contributed by atoms with E-state index in [9.17, 15) is 14.7 Å². The largest absolute Gasteiger partial charge is 0.488 e. The van der Waals surface area contributed by atoms with Crippen molar-refractivity contribution in [3.05, 3.63) is 160 Å². The van der Waals surface area contributed by atoms with Crippen molar-refractivity contribution in [1.29, 1.82) is 0 Å². The van der Waals surface area contributed by atoms with Crippen molar-refractivity contribution in [3.63, 3.8) is 0 Å². The number of hydrogen-bond acceptors (Lipinski definition) is 5. The molecule has 0 amide bonds. The zero-order chi connectivity index (χ0) is 30.7. The number of ether oxygens (including phenoxy) is 1. The normalized spacial score (nSPS) is 11.4. The topological polar surface area (TPSA) is 98.4 Å². The number of fused-ring (bicyclic) bond motifs is 1. The highest BCUT2D eigenvalue weighted by atomic mass is 16.5. The molecule has 0 fully saturated rings. The summed E-state index contributed by atoms with van der Waals surface area (Å²) in [5.41, 5.74) is 3.23. The van der Waals surface area contributed by atoms with Gasteiger partial charge < -0.3 is 19.7 Å². The summed E-state index contributed by atoms with van der Waals surface area (Å²) in [6.07, 6.45) is 3.76. The van der Waals surface area contributed by atoms with E-state index in [4.69, 9.17) is 9.72 Å². The van der Waals surface area contributed by atoms with Crippen LogP contribution >= 0.6 is 0 Å². The van der Waals surface area contributed by atoms with E-state index in [1.165, 1.54) is 4.57 Å². The maximum Gasteiger partial charge on any atom is 0.356 e. The third kappa shape index (κ3) is 4.80. The number of aromatic nitrogens is 3. The molecule has 0 unspecified atom stereocenters. The number of aryl methyl sites for hydroxylation is 1. The van der Waals surface area contributed by atoms with Gasteiger partial charge in [-0.3, -0.25) is 9.36 Å². The molecule has 0 saturated heterocycles. The summed E-state index contributed by atoms with van der Waals surface area (Å²) in [5, 5.41) is 13.8. The van der Waals surface area contributed by atoms with Crippen LogP contribution in [0.3, 0.4) is 0 Å². The van der Waals surface area contributed by atoms with Crippen LogP contribution < -0.4 is 15.5 Å². The van der Waals surface area contributed by atoms with Crippen LogP contribution in [-0.2, 0) is 19.1 Å². The summed E-state index contributed by atoms with van der Waals surface area (Å²) in [5.74, 6) is -0.727. The molecule has 2 aromatic heterocycles. The smallest absolute Gasteiger partial charge is 0.356 e. The molecule has 6 aromatic rings. The van der Waals surface area contributed by atoms with Crippen LogP contribution in [0.25, 0.3) is 10.9 Å². The summed E-state index contributed by atoms with van der Waals surface area (Å²) < 4.78 is 9.11. The number of carboxylic acids is 1. The van der Waals surface area contributed by atoms with Crippen molar-refractivity contribution >= 4 is 22.8 Å². The molecular weight excluding hydrogens is 552 g/mol. The van der Waals surface area contributed by atoms with Gasteiger partial charge in [0.2, 0.25) is 11.4 Å². The lowest BCUT2D eigenvalue weighted by Crippen LogP contribution is -2.38. The number of carboxylic acid groups (broad SMARTS) is 1. The van der Waals surface area contributed by atoms with Crippen LogP contribution in [0.4, 0.5) is 5.95 Å². The second-order valence-corrected chi connectivity index (χ2v) is 10.4. The zero-order valence-corrected chi connectivity index (χ0v) is 24.5. The molecule has 8 nitrogen and oxygen atoms in total. The van der Waals surface area contributed by atoms with Gasteiger partial charge in [0.1, 0.15) is 5.54 Å². The van der Waals surface area contributed by atoms with E-state index in [0.29, 0.717) is 23.4 Å². The van der Waals surface area contributed by atoms with E-state index in [1.807, 2.05) is 72.9 Å².